The molecule has 0 aliphatic rings. The normalized spacial score (nSPS) is 10.6. The van der Waals surface area contributed by atoms with Crippen LogP contribution in [0, 0.1) is 6.92 Å². The van der Waals surface area contributed by atoms with Crippen molar-refractivity contribution >= 4 is 23.9 Å². The molecule has 0 bridgehead atoms. The van der Waals surface area contributed by atoms with Crippen molar-refractivity contribution in [1.29, 1.82) is 0 Å². The van der Waals surface area contributed by atoms with E-state index in [0.717, 1.165) is 10.5 Å². The summed E-state index contributed by atoms with van der Waals surface area (Å²) in [5.41, 5.74) is 2.03. The third-order valence-electron chi connectivity index (χ3n) is 3.63. The van der Waals surface area contributed by atoms with Gasteiger partial charge in [-0.25, -0.2) is 9.10 Å². The molecule has 1 N–H and O–H groups in total. The molecule has 0 aromatic heterocycles. The van der Waals surface area contributed by atoms with Crippen molar-refractivity contribution < 1.29 is 24.2 Å². The minimum absolute atomic E-state index is 0.0192. The highest BCUT2D eigenvalue weighted by Crippen LogP contribution is 2.27. The molecule has 0 aliphatic heterocycles. The molecular formula is C19H21NO5S. The fourth-order valence-corrected chi connectivity index (χ4v) is 3.22. The number of benzene rings is 2. The van der Waals surface area contributed by atoms with Gasteiger partial charge in [-0.1, -0.05) is 17.7 Å². The van der Waals surface area contributed by atoms with Crippen LogP contribution in [0.1, 0.15) is 21.5 Å². The topological polar surface area (TPSA) is 76.1 Å². The number of ether oxygens (including phenoxy) is 2. The van der Waals surface area contributed by atoms with Gasteiger partial charge in [0, 0.05) is 11.4 Å². The van der Waals surface area contributed by atoms with Gasteiger partial charge in [-0.3, -0.25) is 4.79 Å². The van der Waals surface area contributed by atoms with Crippen molar-refractivity contribution in [2.75, 3.05) is 20.8 Å². The zero-order valence-electron chi connectivity index (χ0n) is 14.9. The number of hydrogen-bond donors (Lipinski definition) is 1. The van der Waals surface area contributed by atoms with Gasteiger partial charge in [0.05, 0.1) is 19.8 Å². The van der Waals surface area contributed by atoms with E-state index in [0.29, 0.717) is 11.1 Å². The Bertz CT molecular complexity index is 776. The smallest absolute Gasteiger partial charge is 0.338 e. The Hall–Kier alpha value is -2.51. The molecule has 0 fully saturated rings. The van der Waals surface area contributed by atoms with Gasteiger partial charge in [-0.15, -0.1) is 0 Å². The molecule has 7 heteroatoms. The molecule has 0 spiro atoms. The fraction of sp³-hybridized carbons (Fsp3) is 0.263. The molecule has 0 radical (unpaired) electrons. The van der Waals surface area contributed by atoms with Crippen LogP contribution in [0.4, 0.5) is 0 Å². The number of carbonyl (C=O) groups excluding carboxylic acids is 2. The van der Waals surface area contributed by atoms with E-state index >= 15 is 0 Å². The van der Waals surface area contributed by atoms with Gasteiger partial charge in [0.25, 0.3) is 0 Å². The molecule has 0 atom stereocenters. The van der Waals surface area contributed by atoms with Crippen molar-refractivity contribution in [2.45, 2.75) is 18.4 Å². The molecule has 6 nitrogen and oxygen atoms in total. The Balaban J connectivity index is 2.28. The molecular weight excluding hydrogens is 354 g/mol. The van der Waals surface area contributed by atoms with Crippen molar-refractivity contribution in [3.8, 4) is 5.75 Å². The van der Waals surface area contributed by atoms with Gasteiger partial charge in [-0.05, 0) is 54.8 Å². The van der Waals surface area contributed by atoms with E-state index < -0.39 is 11.9 Å². The molecule has 2 rings (SSSR count). The molecule has 138 valence electrons. The number of phenolic OH excluding ortho intramolecular Hbond substituents is 1. The predicted molar refractivity (Wildman–Crippen MR) is 98.9 cm³/mol. The first-order valence-corrected chi connectivity index (χ1v) is 8.67. The standard InChI is InChI=1S/C19H21NO5S/c1-13-4-7-16(8-5-13)26-20(12-18(22)24-2)11-14-10-15(21)6-9-17(14)19(23)25-3/h4-10,21H,11-12H2,1-3H3. The largest absolute Gasteiger partial charge is 0.508 e. The van der Waals surface area contributed by atoms with Crippen molar-refractivity contribution in [3.63, 3.8) is 0 Å². The molecule has 0 unspecified atom stereocenters. The first-order valence-electron chi connectivity index (χ1n) is 7.89. The zero-order chi connectivity index (χ0) is 19.1. The number of nitrogens with zero attached hydrogens (tertiary/aromatic N) is 1. The molecule has 26 heavy (non-hydrogen) atoms. The highest BCUT2D eigenvalue weighted by molar-refractivity contribution is 7.97. The summed E-state index contributed by atoms with van der Waals surface area (Å²) < 4.78 is 11.3. The molecule has 0 heterocycles. The second-order valence-corrected chi connectivity index (χ2v) is 6.78. The maximum atomic E-state index is 12.0. The summed E-state index contributed by atoms with van der Waals surface area (Å²) in [5, 5.41) is 9.78. The lowest BCUT2D eigenvalue weighted by Gasteiger charge is -2.21. The monoisotopic (exact) mass is 375 g/mol. The summed E-state index contributed by atoms with van der Waals surface area (Å²) in [6.45, 7) is 2.26. The third kappa shape index (κ3) is 5.50. The lowest BCUT2D eigenvalue weighted by Crippen LogP contribution is -2.25. The number of hydrogen-bond acceptors (Lipinski definition) is 7. The molecule has 2 aromatic carbocycles. The summed E-state index contributed by atoms with van der Waals surface area (Å²) in [5.74, 6) is -0.867. The highest BCUT2D eigenvalue weighted by Gasteiger charge is 2.19. The van der Waals surface area contributed by atoms with Gasteiger partial charge in [0.15, 0.2) is 0 Å². The summed E-state index contributed by atoms with van der Waals surface area (Å²) in [7, 11) is 2.62. The van der Waals surface area contributed by atoms with Gasteiger partial charge < -0.3 is 14.6 Å². The Morgan fingerprint density at radius 2 is 1.77 bits per heavy atom. The maximum Gasteiger partial charge on any atom is 0.338 e. The van der Waals surface area contributed by atoms with E-state index in [2.05, 4.69) is 0 Å². The summed E-state index contributed by atoms with van der Waals surface area (Å²) in [4.78, 5) is 24.7. The van der Waals surface area contributed by atoms with Gasteiger partial charge in [0.2, 0.25) is 0 Å². The Kier molecular flexibility index (Phi) is 7.06. The summed E-state index contributed by atoms with van der Waals surface area (Å²) in [6.07, 6.45) is 0. The van der Waals surface area contributed by atoms with Crippen molar-refractivity contribution in [3.05, 3.63) is 59.2 Å². The van der Waals surface area contributed by atoms with Crippen molar-refractivity contribution in [2.24, 2.45) is 0 Å². The average Bonchev–Trinajstić information content (AvgIpc) is 2.63. The number of aromatic hydroxyl groups is 1. The minimum atomic E-state index is -0.502. The zero-order valence-corrected chi connectivity index (χ0v) is 15.7. The number of carbonyl (C=O) groups is 2. The number of phenols is 1. The van der Waals surface area contributed by atoms with Crippen LogP contribution in [0.25, 0.3) is 0 Å². The average molecular weight is 375 g/mol. The van der Waals surface area contributed by atoms with E-state index in [1.54, 1.807) is 4.31 Å². The first kappa shape index (κ1) is 19.8. The predicted octanol–water partition coefficient (Wildman–Crippen LogP) is 3.17. The molecule has 0 saturated carbocycles. The summed E-state index contributed by atoms with van der Waals surface area (Å²) in [6, 6.07) is 12.3. The van der Waals surface area contributed by atoms with Gasteiger partial charge in [-0.2, -0.15) is 0 Å². The highest BCUT2D eigenvalue weighted by atomic mass is 32.2. The SMILES string of the molecule is COC(=O)CN(Cc1cc(O)ccc1C(=O)OC)Sc1ccc(C)cc1. The Morgan fingerprint density at radius 1 is 1.08 bits per heavy atom. The van der Waals surface area contributed by atoms with Gasteiger partial charge in [0.1, 0.15) is 12.3 Å². The number of esters is 2. The number of methoxy groups -OCH3 is 2. The van der Waals surface area contributed by atoms with E-state index in [1.165, 1.54) is 44.4 Å². The van der Waals surface area contributed by atoms with E-state index in [1.807, 2.05) is 31.2 Å². The lowest BCUT2D eigenvalue weighted by atomic mass is 10.1. The van der Waals surface area contributed by atoms with Gasteiger partial charge >= 0.3 is 11.9 Å². The van der Waals surface area contributed by atoms with Crippen LogP contribution in [0.2, 0.25) is 0 Å². The third-order valence-corrected chi connectivity index (χ3v) is 4.63. The fourth-order valence-electron chi connectivity index (χ4n) is 2.29. The molecule has 0 saturated heterocycles. The van der Waals surface area contributed by atoms with Crippen molar-refractivity contribution in [1.82, 2.24) is 4.31 Å². The van der Waals surface area contributed by atoms with Crippen LogP contribution in [0.3, 0.4) is 0 Å². The number of rotatable bonds is 7. The van der Waals surface area contributed by atoms with Crippen LogP contribution in [-0.4, -0.2) is 42.1 Å². The first-order chi connectivity index (χ1) is 12.4. The second kappa shape index (κ2) is 9.26. The van der Waals surface area contributed by atoms with Crippen LogP contribution in [0.15, 0.2) is 47.4 Å². The second-order valence-electron chi connectivity index (χ2n) is 5.61. The molecule has 0 aliphatic carbocycles. The molecule has 0 amide bonds. The Labute approximate surface area is 156 Å². The van der Waals surface area contributed by atoms with Crippen LogP contribution >= 0.6 is 11.9 Å². The Morgan fingerprint density at radius 3 is 2.38 bits per heavy atom. The lowest BCUT2D eigenvalue weighted by molar-refractivity contribution is -0.140. The number of aryl methyl sites for hydroxylation is 1. The quantitative estimate of drug-likeness (QED) is 0.588. The van der Waals surface area contributed by atoms with E-state index in [9.17, 15) is 14.7 Å². The van der Waals surface area contributed by atoms with Crippen LogP contribution < -0.4 is 0 Å². The van der Waals surface area contributed by atoms with E-state index in [4.69, 9.17) is 9.47 Å². The molecule has 2 aromatic rings. The summed E-state index contributed by atoms with van der Waals surface area (Å²) >= 11 is 1.37. The van der Waals surface area contributed by atoms with Crippen LogP contribution in [-0.2, 0) is 20.8 Å². The van der Waals surface area contributed by atoms with E-state index in [-0.39, 0.29) is 18.8 Å². The minimum Gasteiger partial charge on any atom is -0.508 e. The van der Waals surface area contributed by atoms with Crippen LogP contribution in [0.5, 0.6) is 5.75 Å². The maximum absolute atomic E-state index is 12.0.